The van der Waals surface area contributed by atoms with Gasteiger partial charge >= 0.3 is 0 Å². The van der Waals surface area contributed by atoms with E-state index in [1.165, 1.54) is 12.8 Å². The van der Waals surface area contributed by atoms with Crippen LogP contribution >= 0.6 is 12.2 Å². The molecule has 1 spiro atoms. The Morgan fingerprint density at radius 2 is 2.09 bits per heavy atom. The number of para-hydroxylation sites is 1. The first-order chi connectivity index (χ1) is 11.0. The Hall–Kier alpha value is -1.13. The second-order valence-electron chi connectivity index (χ2n) is 7.40. The van der Waals surface area contributed by atoms with Crippen molar-refractivity contribution in [3.8, 4) is 0 Å². The van der Waals surface area contributed by atoms with E-state index >= 15 is 0 Å². The summed E-state index contributed by atoms with van der Waals surface area (Å²) in [5.41, 5.74) is 1.47. The lowest BCUT2D eigenvalue weighted by Crippen LogP contribution is -2.53. The van der Waals surface area contributed by atoms with Gasteiger partial charge in [0.2, 0.25) is 0 Å². The van der Waals surface area contributed by atoms with Gasteiger partial charge in [-0.05, 0) is 68.8 Å². The highest BCUT2D eigenvalue weighted by molar-refractivity contribution is 7.80. The molecule has 2 aliphatic rings. The molecule has 3 rings (SSSR count). The summed E-state index contributed by atoms with van der Waals surface area (Å²) < 4.78 is 6.07. The first kappa shape index (κ1) is 16.7. The van der Waals surface area contributed by atoms with E-state index in [1.54, 1.807) is 0 Å². The minimum Gasteiger partial charge on any atom is -0.375 e. The third-order valence-corrected chi connectivity index (χ3v) is 5.91. The van der Waals surface area contributed by atoms with E-state index in [1.807, 2.05) is 18.2 Å². The molecule has 1 aromatic rings. The molecule has 2 aliphatic heterocycles. The molecule has 0 bridgehead atoms. The monoisotopic (exact) mass is 332 g/mol. The average Bonchev–Trinajstić information content (AvgIpc) is 2.56. The summed E-state index contributed by atoms with van der Waals surface area (Å²) in [5, 5.41) is 4.26. The first-order valence-corrected chi connectivity index (χ1v) is 9.20. The number of hydrogen-bond donors (Lipinski definition) is 1. The van der Waals surface area contributed by atoms with Crippen molar-refractivity contribution >= 4 is 23.0 Å². The van der Waals surface area contributed by atoms with Crippen molar-refractivity contribution in [1.29, 1.82) is 0 Å². The van der Waals surface area contributed by atoms with Crippen LogP contribution < -0.4 is 5.32 Å². The molecule has 126 valence electrons. The van der Waals surface area contributed by atoms with Crippen molar-refractivity contribution in [1.82, 2.24) is 4.90 Å². The summed E-state index contributed by atoms with van der Waals surface area (Å²) in [6, 6.07) is 10.2. The summed E-state index contributed by atoms with van der Waals surface area (Å²) in [5.74, 6) is 0. The van der Waals surface area contributed by atoms with E-state index in [2.05, 4.69) is 36.2 Å². The Bertz CT molecular complexity index is 546. The quantitative estimate of drug-likeness (QED) is 0.809. The topological polar surface area (TPSA) is 24.5 Å². The summed E-state index contributed by atoms with van der Waals surface area (Å²) >= 11 is 5.68. The van der Waals surface area contributed by atoms with Gasteiger partial charge in [-0.1, -0.05) is 25.1 Å². The van der Waals surface area contributed by atoms with Gasteiger partial charge < -0.3 is 15.0 Å². The highest BCUT2D eigenvalue weighted by Gasteiger charge is 2.44. The number of piperidine rings is 1. The molecular weight excluding hydrogens is 304 g/mol. The fraction of sp³-hybridized carbons (Fsp3) is 0.632. The van der Waals surface area contributed by atoms with Crippen molar-refractivity contribution in [2.24, 2.45) is 5.41 Å². The van der Waals surface area contributed by atoms with Gasteiger partial charge in [0.05, 0.1) is 5.60 Å². The van der Waals surface area contributed by atoms with Crippen LogP contribution in [-0.2, 0) is 4.74 Å². The molecule has 4 heteroatoms. The largest absolute Gasteiger partial charge is 0.375 e. The van der Waals surface area contributed by atoms with Crippen LogP contribution in [0.5, 0.6) is 0 Å². The van der Waals surface area contributed by atoms with E-state index in [-0.39, 0.29) is 5.60 Å². The smallest absolute Gasteiger partial charge is 0.173 e. The highest BCUT2D eigenvalue weighted by Crippen LogP contribution is 2.46. The lowest BCUT2D eigenvalue weighted by atomic mass is 9.68. The average molecular weight is 333 g/mol. The molecule has 0 radical (unpaired) electrons. The maximum Gasteiger partial charge on any atom is 0.173 e. The van der Waals surface area contributed by atoms with Crippen molar-refractivity contribution in [3.63, 3.8) is 0 Å². The van der Waals surface area contributed by atoms with Crippen molar-refractivity contribution in [2.45, 2.75) is 51.6 Å². The van der Waals surface area contributed by atoms with Crippen LogP contribution in [0, 0.1) is 5.41 Å². The van der Waals surface area contributed by atoms with Gasteiger partial charge in [-0.15, -0.1) is 0 Å². The molecule has 2 fully saturated rings. The molecule has 1 aromatic carbocycles. The fourth-order valence-corrected chi connectivity index (χ4v) is 4.40. The summed E-state index contributed by atoms with van der Waals surface area (Å²) in [4.78, 5) is 2.37. The molecule has 2 atom stereocenters. The van der Waals surface area contributed by atoms with Gasteiger partial charge in [0.25, 0.3) is 0 Å². The van der Waals surface area contributed by atoms with Crippen LogP contribution in [0.1, 0.15) is 46.0 Å². The standard InChI is InChI=1S/C19H28N2OS/c1-3-18(2)14-19(11-13-22-18)10-7-12-21(15-19)17(23)20-16-8-5-4-6-9-16/h4-6,8-9H,3,7,10-15H2,1-2H3,(H,20,23)/t18-,19+/m1/s1. The second-order valence-corrected chi connectivity index (χ2v) is 7.79. The zero-order valence-corrected chi connectivity index (χ0v) is 15.1. The molecule has 2 heterocycles. The Morgan fingerprint density at radius 1 is 1.30 bits per heavy atom. The first-order valence-electron chi connectivity index (χ1n) is 8.79. The lowest BCUT2D eigenvalue weighted by Gasteiger charge is -2.51. The molecule has 0 amide bonds. The minimum atomic E-state index is 0.0374. The third-order valence-electron chi connectivity index (χ3n) is 5.55. The highest BCUT2D eigenvalue weighted by atomic mass is 32.1. The maximum absolute atomic E-state index is 6.07. The Kier molecular flexibility index (Phi) is 4.93. The number of benzene rings is 1. The van der Waals surface area contributed by atoms with Crippen LogP contribution in [0.2, 0.25) is 0 Å². The number of nitrogens with one attached hydrogen (secondary N) is 1. The van der Waals surface area contributed by atoms with Crippen molar-refractivity contribution < 1.29 is 4.74 Å². The number of nitrogens with zero attached hydrogens (tertiary/aromatic N) is 1. The van der Waals surface area contributed by atoms with E-state index in [0.717, 1.165) is 49.8 Å². The maximum atomic E-state index is 6.07. The number of anilines is 1. The van der Waals surface area contributed by atoms with Gasteiger partial charge in [-0.2, -0.15) is 0 Å². The number of likely N-dealkylation sites (tertiary alicyclic amines) is 1. The number of hydrogen-bond acceptors (Lipinski definition) is 2. The predicted octanol–water partition coefficient (Wildman–Crippen LogP) is 4.44. The van der Waals surface area contributed by atoms with Gasteiger partial charge in [-0.25, -0.2) is 0 Å². The molecule has 3 nitrogen and oxygen atoms in total. The minimum absolute atomic E-state index is 0.0374. The van der Waals surface area contributed by atoms with Gasteiger partial charge in [-0.3, -0.25) is 0 Å². The van der Waals surface area contributed by atoms with Gasteiger partial charge in [0.1, 0.15) is 0 Å². The SMILES string of the molecule is CC[C@]1(C)C[C@]2(CCCN(C(=S)Nc3ccccc3)C2)CCO1. The predicted molar refractivity (Wildman–Crippen MR) is 99.8 cm³/mol. The van der Waals surface area contributed by atoms with E-state index in [4.69, 9.17) is 17.0 Å². The van der Waals surface area contributed by atoms with Crippen molar-refractivity contribution in [2.75, 3.05) is 25.0 Å². The zero-order valence-electron chi connectivity index (χ0n) is 14.3. The number of rotatable bonds is 2. The summed E-state index contributed by atoms with van der Waals surface area (Å²) in [6.07, 6.45) is 5.92. The van der Waals surface area contributed by atoms with E-state index < -0.39 is 0 Å². The molecule has 0 aliphatic carbocycles. The second kappa shape index (κ2) is 6.78. The van der Waals surface area contributed by atoms with Gasteiger partial charge in [0.15, 0.2) is 5.11 Å². The van der Waals surface area contributed by atoms with Gasteiger partial charge in [0, 0.05) is 25.4 Å². The molecule has 2 saturated heterocycles. The molecule has 0 unspecified atom stereocenters. The van der Waals surface area contributed by atoms with Crippen LogP contribution in [0.25, 0.3) is 0 Å². The Labute approximate surface area is 145 Å². The van der Waals surface area contributed by atoms with Crippen LogP contribution in [0.3, 0.4) is 0 Å². The van der Waals surface area contributed by atoms with Crippen molar-refractivity contribution in [3.05, 3.63) is 30.3 Å². The van der Waals surface area contributed by atoms with Crippen LogP contribution in [0.4, 0.5) is 5.69 Å². The number of ether oxygens (including phenoxy) is 1. The summed E-state index contributed by atoms with van der Waals surface area (Å²) in [6.45, 7) is 7.51. The Morgan fingerprint density at radius 3 is 2.83 bits per heavy atom. The van der Waals surface area contributed by atoms with E-state index in [9.17, 15) is 0 Å². The zero-order chi connectivity index (χ0) is 16.3. The Balaban J connectivity index is 1.67. The molecule has 23 heavy (non-hydrogen) atoms. The lowest BCUT2D eigenvalue weighted by molar-refractivity contribution is -0.129. The summed E-state index contributed by atoms with van der Waals surface area (Å²) in [7, 11) is 0. The molecule has 0 aromatic heterocycles. The normalized spacial score (nSPS) is 31.1. The third kappa shape index (κ3) is 3.86. The van der Waals surface area contributed by atoms with Crippen LogP contribution in [-0.4, -0.2) is 35.3 Å². The van der Waals surface area contributed by atoms with E-state index in [0.29, 0.717) is 5.41 Å². The molecule has 0 saturated carbocycles. The number of thiocarbonyl (C=S) groups is 1. The molecular formula is C19H28N2OS. The van der Waals surface area contributed by atoms with Crippen LogP contribution in [0.15, 0.2) is 30.3 Å². The fourth-order valence-electron chi connectivity index (χ4n) is 4.13. The molecule has 1 N–H and O–H groups in total.